The second-order valence-corrected chi connectivity index (χ2v) is 9.34. The molecule has 1 aliphatic heterocycles. The maximum atomic E-state index is 13.1. The highest BCUT2D eigenvalue weighted by Gasteiger charge is 2.26. The van der Waals surface area contributed by atoms with Crippen LogP contribution >= 0.6 is 11.6 Å². The summed E-state index contributed by atoms with van der Waals surface area (Å²) in [5, 5.41) is 9.21. The van der Waals surface area contributed by atoms with E-state index >= 15 is 0 Å². The van der Waals surface area contributed by atoms with E-state index in [-0.39, 0.29) is 18.4 Å². The van der Waals surface area contributed by atoms with Gasteiger partial charge in [0.2, 0.25) is 5.91 Å². The highest BCUT2D eigenvalue weighted by atomic mass is 35.5. The van der Waals surface area contributed by atoms with Crippen LogP contribution in [-0.2, 0) is 4.79 Å². The van der Waals surface area contributed by atoms with Gasteiger partial charge >= 0.3 is 0 Å². The molecule has 2 aromatic carbocycles. The molecule has 0 bridgehead atoms. The van der Waals surface area contributed by atoms with Crippen LogP contribution in [0.25, 0.3) is 11.3 Å². The number of piperazine rings is 1. The number of nitrogens with zero attached hydrogens (tertiary/aromatic N) is 5. The maximum Gasteiger partial charge on any atom is 0.255 e. The first-order chi connectivity index (χ1) is 18.0. The monoisotopic (exact) mass is 521 g/mol. The molecular weight excluding hydrogens is 490 g/mol. The summed E-state index contributed by atoms with van der Waals surface area (Å²) in [6.07, 6.45) is 1.75. The SMILES string of the molecule is CCCCN(CC(=O)N1CCN(c2ccc(-c3cccc(OC)c3)nn2)CC1)C(=O)c1ccccc1Cl. The van der Waals surface area contributed by atoms with Gasteiger partial charge in [-0.2, -0.15) is 0 Å². The maximum absolute atomic E-state index is 13.1. The van der Waals surface area contributed by atoms with Gasteiger partial charge in [-0.05, 0) is 42.8 Å². The van der Waals surface area contributed by atoms with Gasteiger partial charge in [-0.25, -0.2) is 0 Å². The number of benzene rings is 2. The number of halogens is 1. The molecule has 1 aromatic heterocycles. The Morgan fingerprint density at radius 1 is 1.00 bits per heavy atom. The number of hydrogen-bond acceptors (Lipinski definition) is 6. The van der Waals surface area contributed by atoms with Crippen molar-refractivity contribution in [3.8, 4) is 17.0 Å². The van der Waals surface area contributed by atoms with Crippen molar-refractivity contribution in [3.63, 3.8) is 0 Å². The first kappa shape index (κ1) is 26.4. The molecule has 0 radical (unpaired) electrons. The molecule has 0 N–H and O–H groups in total. The van der Waals surface area contributed by atoms with Crippen LogP contribution in [-0.4, -0.2) is 78.2 Å². The topological polar surface area (TPSA) is 78.9 Å². The molecule has 1 fully saturated rings. The third kappa shape index (κ3) is 6.57. The highest BCUT2D eigenvalue weighted by molar-refractivity contribution is 6.33. The van der Waals surface area contributed by atoms with Gasteiger partial charge in [0.05, 0.1) is 23.4 Å². The summed E-state index contributed by atoms with van der Waals surface area (Å²) in [4.78, 5) is 31.8. The van der Waals surface area contributed by atoms with E-state index in [0.29, 0.717) is 43.3 Å². The fourth-order valence-electron chi connectivity index (χ4n) is 4.28. The smallest absolute Gasteiger partial charge is 0.255 e. The molecule has 0 saturated carbocycles. The number of hydrogen-bond donors (Lipinski definition) is 0. The van der Waals surface area contributed by atoms with E-state index in [1.165, 1.54) is 0 Å². The molecule has 4 rings (SSSR count). The molecule has 1 aliphatic rings. The average Bonchev–Trinajstić information content (AvgIpc) is 2.95. The van der Waals surface area contributed by atoms with Crippen LogP contribution in [0.15, 0.2) is 60.7 Å². The number of carbonyl (C=O) groups is 2. The highest BCUT2D eigenvalue weighted by Crippen LogP contribution is 2.23. The Kier molecular flexibility index (Phi) is 8.95. The third-order valence-corrected chi connectivity index (χ3v) is 6.80. The van der Waals surface area contributed by atoms with E-state index in [2.05, 4.69) is 22.0 Å². The molecule has 1 saturated heterocycles. The zero-order valence-corrected chi connectivity index (χ0v) is 22.0. The Morgan fingerprint density at radius 3 is 2.46 bits per heavy atom. The Bertz CT molecular complexity index is 1210. The van der Waals surface area contributed by atoms with Crippen LogP contribution in [0.2, 0.25) is 5.02 Å². The molecule has 9 heteroatoms. The summed E-state index contributed by atoms with van der Waals surface area (Å²) >= 11 is 6.25. The van der Waals surface area contributed by atoms with Gasteiger partial charge in [-0.1, -0.05) is 49.2 Å². The molecule has 37 heavy (non-hydrogen) atoms. The van der Waals surface area contributed by atoms with E-state index in [1.807, 2.05) is 41.3 Å². The Morgan fingerprint density at radius 2 is 1.78 bits per heavy atom. The lowest BCUT2D eigenvalue weighted by molar-refractivity contribution is -0.132. The zero-order chi connectivity index (χ0) is 26.2. The summed E-state index contributed by atoms with van der Waals surface area (Å²) in [6, 6.07) is 18.6. The van der Waals surface area contributed by atoms with Crippen molar-refractivity contribution >= 4 is 29.2 Å². The van der Waals surface area contributed by atoms with Crippen molar-refractivity contribution in [1.82, 2.24) is 20.0 Å². The van der Waals surface area contributed by atoms with E-state index in [0.717, 1.165) is 35.7 Å². The van der Waals surface area contributed by atoms with Gasteiger partial charge in [-0.3, -0.25) is 9.59 Å². The first-order valence-corrected chi connectivity index (χ1v) is 12.9. The van der Waals surface area contributed by atoms with Crippen molar-refractivity contribution in [2.24, 2.45) is 0 Å². The zero-order valence-electron chi connectivity index (χ0n) is 21.3. The van der Waals surface area contributed by atoms with Gasteiger partial charge in [0.1, 0.15) is 12.3 Å². The number of amides is 2. The first-order valence-electron chi connectivity index (χ1n) is 12.5. The fourth-order valence-corrected chi connectivity index (χ4v) is 4.50. The molecule has 8 nitrogen and oxygen atoms in total. The van der Waals surface area contributed by atoms with Crippen LogP contribution in [0, 0.1) is 0 Å². The third-order valence-electron chi connectivity index (χ3n) is 6.47. The predicted octanol–water partition coefficient (Wildman–Crippen LogP) is 4.40. The minimum Gasteiger partial charge on any atom is -0.497 e. The number of ether oxygens (including phenoxy) is 1. The van der Waals surface area contributed by atoms with Crippen molar-refractivity contribution in [3.05, 3.63) is 71.2 Å². The van der Waals surface area contributed by atoms with Gasteiger partial charge < -0.3 is 19.4 Å². The molecule has 0 atom stereocenters. The Balaban J connectivity index is 1.35. The number of rotatable bonds is 9. The van der Waals surface area contributed by atoms with Gasteiger partial charge in [0.25, 0.3) is 5.91 Å². The number of methoxy groups -OCH3 is 1. The molecule has 2 amide bonds. The quantitative estimate of drug-likeness (QED) is 0.415. The van der Waals surface area contributed by atoms with Gasteiger partial charge in [0.15, 0.2) is 5.82 Å². The predicted molar refractivity (Wildman–Crippen MR) is 145 cm³/mol. The molecule has 0 aliphatic carbocycles. The summed E-state index contributed by atoms with van der Waals surface area (Å²) in [6.45, 7) is 5.02. The Hall–Kier alpha value is -3.65. The molecule has 0 unspecified atom stereocenters. The van der Waals surface area contributed by atoms with E-state index in [1.54, 1.807) is 36.3 Å². The lowest BCUT2D eigenvalue weighted by atomic mass is 10.1. The minimum absolute atomic E-state index is 0.0408. The molecule has 0 spiro atoms. The fraction of sp³-hybridized carbons (Fsp3) is 0.357. The molecule has 2 heterocycles. The van der Waals surface area contributed by atoms with Crippen LogP contribution < -0.4 is 9.64 Å². The van der Waals surface area contributed by atoms with Crippen molar-refractivity contribution in [2.45, 2.75) is 19.8 Å². The van der Waals surface area contributed by atoms with Crippen molar-refractivity contribution < 1.29 is 14.3 Å². The normalized spacial score (nSPS) is 13.4. The standard InChI is InChI=1S/C28H32ClN5O3/c1-3-4-14-34(28(36)23-10-5-6-11-24(23)29)20-27(35)33-17-15-32(16-18-33)26-13-12-25(30-31-26)21-8-7-9-22(19-21)37-2/h5-13,19H,3-4,14-18,20H2,1-2H3. The van der Waals surface area contributed by atoms with Crippen molar-refractivity contribution in [1.29, 1.82) is 0 Å². The number of aromatic nitrogens is 2. The molecule has 194 valence electrons. The largest absolute Gasteiger partial charge is 0.497 e. The second kappa shape index (κ2) is 12.5. The van der Waals surface area contributed by atoms with E-state index in [4.69, 9.17) is 16.3 Å². The van der Waals surface area contributed by atoms with E-state index in [9.17, 15) is 9.59 Å². The minimum atomic E-state index is -0.211. The Labute approximate surface area is 222 Å². The molecular formula is C28H32ClN5O3. The van der Waals surface area contributed by atoms with Crippen molar-refractivity contribution in [2.75, 3.05) is 51.3 Å². The van der Waals surface area contributed by atoms with Gasteiger partial charge in [0, 0.05) is 38.3 Å². The number of anilines is 1. The van der Waals surface area contributed by atoms with Crippen LogP contribution in [0.5, 0.6) is 5.75 Å². The lowest BCUT2D eigenvalue weighted by Crippen LogP contribution is -2.52. The number of carbonyl (C=O) groups excluding carboxylic acids is 2. The summed E-state index contributed by atoms with van der Waals surface area (Å²) in [7, 11) is 1.64. The summed E-state index contributed by atoms with van der Waals surface area (Å²) < 4.78 is 5.29. The van der Waals surface area contributed by atoms with Crippen LogP contribution in [0.3, 0.4) is 0 Å². The number of unbranched alkanes of at least 4 members (excludes halogenated alkanes) is 1. The summed E-state index contributed by atoms with van der Waals surface area (Å²) in [5.41, 5.74) is 2.13. The van der Waals surface area contributed by atoms with Crippen LogP contribution in [0.1, 0.15) is 30.1 Å². The second-order valence-electron chi connectivity index (χ2n) is 8.94. The lowest BCUT2D eigenvalue weighted by Gasteiger charge is -2.36. The van der Waals surface area contributed by atoms with E-state index < -0.39 is 0 Å². The van der Waals surface area contributed by atoms with Gasteiger partial charge in [-0.15, -0.1) is 10.2 Å². The molecule has 3 aromatic rings. The average molecular weight is 522 g/mol. The summed E-state index contributed by atoms with van der Waals surface area (Å²) in [5.74, 6) is 1.27. The van der Waals surface area contributed by atoms with Crippen LogP contribution in [0.4, 0.5) is 5.82 Å².